The molecule has 0 spiro atoms. The minimum Gasteiger partial charge on any atom is -0.309 e. The molecule has 0 radical (unpaired) electrons. The van der Waals surface area contributed by atoms with Crippen molar-refractivity contribution < 1.29 is 0 Å². The lowest BCUT2D eigenvalue weighted by molar-refractivity contribution is 0.954. The Morgan fingerprint density at radius 1 is 0.308 bits per heavy atom. The van der Waals surface area contributed by atoms with Gasteiger partial charge in [-0.3, -0.25) is 4.57 Å². The number of aromatic nitrogens is 5. The maximum atomic E-state index is 5.32. The van der Waals surface area contributed by atoms with Crippen molar-refractivity contribution in [2.45, 2.75) is 0 Å². The summed E-state index contributed by atoms with van der Waals surface area (Å²) in [6, 6.07) is 62.1. The number of nitrogens with zero attached hydrogens (tertiary/aromatic N) is 5. The first kappa shape index (κ1) is 28.7. The first-order valence-corrected chi connectivity index (χ1v) is 17.5. The molecule has 11 aromatic rings. The maximum Gasteiger partial charge on any atom is 0.238 e. The Morgan fingerprint density at radius 3 is 1.46 bits per heavy atom. The van der Waals surface area contributed by atoms with Crippen LogP contribution in [-0.2, 0) is 0 Å². The van der Waals surface area contributed by atoms with Gasteiger partial charge >= 0.3 is 0 Å². The normalized spacial score (nSPS) is 11.8. The van der Waals surface area contributed by atoms with Crippen LogP contribution in [0.1, 0.15) is 0 Å². The quantitative estimate of drug-likeness (QED) is 0.188. The van der Waals surface area contributed by atoms with Crippen molar-refractivity contribution in [2.75, 3.05) is 0 Å². The molecule has 0 fully saturated rings. The third-order valence-electron chi connectivity index (χ3n) is 10.3. The summed E-state index contributed by atoms with van der Waals surface area (Å²) >= 11 is 0. The van der Waals surface area contributed by atoms with Crippen LogP contribution in [0.25, 0.3) is 99.6 Å². The van der Waals surface area contributed by atoms with Crippen LogP contribution in [0.15, 0.2) is 176 Å². The zero-order chi connectivity index (χ0) is 34.2. The summed E-state index contributed by atoms with van der Waals surface area (Å²) in [6.07, 6.45) is 0. The highest BCUT2D eigenvalue weighted by molar-refractivity contribution is 6.16. The van der Waals surface area contributed by atoms with E-state index in [1.54, 1.807) is 0 Å². The molecular weight excluding hydrogens is 635 g/mol. The SMILES string of the molecule is c1ccc(-c2nc(-c3ccc4c(c3)c3ccccc3n4-c3ccccc3)nc(-n3c4cc5ccccc5cc4c4cc5ccccc5cc43)n2)cc1. The van der Waals surface area contributed by atoms with Crippen molar-refractivity contribution in [3.8, 4) is 34.4 Å². The second-order valence-corrected chi connectivity index (χ2v) is 13.3. The number of benzene rings is 8. The highest BCUT2D eigenvalue weighted by Gasteiger charge is 2.20. The summed E-state index contributed by atoms with van der Waals surface area (Å²) in [7, 11) is 0. The van der Waals surface area contributed by atoms with E-state index < -0.39 is 0 Å². The van der Waals surface area contributed by atoms with E-state index >= 15 is 0 Å². The molecule has 0 aliphatic rings. The van der Waals surface area contributed by atoms with Gasteiger partial charge in [0, 0.05) is 38.4 Å². The van der Waals surface area contributed by atoms with Gasteiger partial charge in [-0.05, 0) is 82.2 Å². The van der Waals surface area contributed by atoms with Crippen molar-refractivity contribution in [2.24, 2.45) is 0 Å². The molecule has 11 rings (SSSR count). The van der Waals surface area contributed by atoms with E-state index in [9.17, 15) is 0 Å². The Labute approximate surface area is 298 Å². The predicted molar refractivity (Wildman–Crippen MR) is 214 cm³/mol. The van der Waals surface area contributed by atoms with Crippen molar-refractivity contribution in [3.63, 3.8) is 0 Å². The minimum atomic E-state index is 0.584. The van der Waals surface area contributed by atoms with Gasteiger partial charge in [0.2, 0.25) is 5.95 Å². The highest BCUT2D eigenvalue weighted by Crippen LogP contribution is 2.38. The van der Waals surface area contributed by atoms with Crippen LogP contribution in [0.2, 0.25) is 0 Å². The summed E-state index contributed by atoms with van der Waals surface area (Å²) in [5.41, 5.74) is 7.40. The summed E-state index contributed by atoms with van der Waals surface area (Å²) < 4.78 is 4.55. The van der Waals surface area contributed by atoms with E-state index in [0.717, 1.165) is 55.0 Å². The lowest BCUT2D eigenvalue weighted by Crippen LogP contribution is -2.06. The van der Waals surface area contributed by atoms with Crippen molar-refractivity contribution in [1.29, 1.82) is 0 Å². The number of hydrogen-bond acceptors (Lipinski definition) is 3. The topological polar surface area (TPSA) is 48.5 Å². The largest absolute Gasteiger partial charge is 0.309 e. The molecule has 0 aliphatic heterocycles. The molecule has 242 valence electrons. The summed E-state index contributed by atoms with van der Waals surface area (Å²) in [6.45, 7) is 0. The van der Waals surface area contributed by atoms with E-state index in [1.165, 1.54) is 26.9 Å². The molecule has 5 heteroatoms. The maximum absolute atomic E-state index is 5.32. The average molecular weight is 664 g/mol. The van der Waals surface area contributed by atoms with Crippen LogP contribution in [0.5, 0.6) is 0 Å². The first-order chi connectivity index (χ1) is 25.8. The Kier molecular flexibility index (Phi) is 6.18. The second-order valence-electron chi connectivity index (χ2n) is 13.3. The van der Waals surface area contributed by atoms with Crippen molar-refractivity contribution in [1.82, 2.24) is 24.1 Å². The Balaban J connectivity index is 1.21. The van der Waals surface area contributed by atoms with Crippen LogP contribution < -0.4 is 0 Å². The van der Waals surface area contributed by atoms with E-state index in [2.05, 4.69) is 167 Å². The van der Waals surface area contributed by atoms with Crippen LogP contribution in [0.3, 0.4) is 0 Å². The standard InChI is InChI=1S/C47H29N5/c1-3-13-30(14-4-1)45-48-46(35-23-24-42-38(27-35)37-21-11-12-22-41(37)51(42)36-19-5-2-6-20-36)50-47(49-45)52-43-28-33-17-9-7-15-31(33)25-39(43)40-26-32-16-8-10-18-34(32)29-44(40)52/h1-29H. The van der Waals surface area contributed by atoms with Gasteiger partial charge < -0.3 is 4.57 Å². The number of hydrogen-bond donors (Lipinski definition) is 0. The molecule has 8 aromatic carbocycles. The Bertz CT molecular complexity index is 3080. The minimum absolute atomic E-state index is 0.584. The fourth-order valence-electron chi connectivity index (χ4n) is 7.88. The lowest BCUT2D eigenvalue weighted by atomic mass is 10.0. The molecule has 0 bridgehead atoms. The van der Waals surface area contributed by atoms with E-state index in [-0.39, 0.29) is 0 Å². The zero-order valence-electron chi connectivity index (χ0n) is 28.0. The second kappa shape index (κ2) is 11.2. The average Bonchev–Trinajstić information content (AvgIpc) is 3.71. The van der Waals surface area contributed by atoms with Crippen LogP contribution in [0.4, 0.5) is 0 Å². The van der Waals surface area contributed by atoms with Crippen LogP contribution in [-0.4, -0.2) is 24.1 Å². The molecule has 0 amide bonds. The van der Waals surface area contributed by atoms with Gasteiger partial charge in [0.1, 0.15) is 0 Å². The highest BCUT2D eigenvalue weighted by atomic mass is 15.2. The van der Waals surface area contributed by atoms with Gasteiger partial charge in [-0.25, -0.2) is 4.98 Å². The molecule has 5 nitrogen and oxygen atoms in total. The smallest absolute Gasteiger partial charge is 0.238 e. The molecule has 0 saturated carbocycles. The molecule has 52 heavy (non-hydrogen) atoms. The van der Waals surface area contributed by atoms with Gasteiger partial charge in [0.15, 0.2) is 11.6 Å². The van der Waals surface area contributed by atoms with Crippen molar-refractivity contribution in [3.05, 3.63) is 176 Å². The molecule has 0 aliphatic carbocycles. The third-order valence-corrected chi connectivity index (χ3v) is 10.3. The van der Waals surface area contributed by atoms with Gasteiger partial charge in [0.05, 0.1) is 22.1 Å². The molecule has 0 N–H and O–H groups in total. The fourth-order valence-corrected chi connectivity index (χ4v) is 7.88. The first-order valence-electron chi connectivity index (χ1n) is 17.5. The summed E-state index contributed by atoms with van der Waals surface area (Å²) in [4.78, 5) is 15.7. The molecular formula is C47H29N5. The molecule has 0 saturated heterocycles. The zero-order valence-corrected chi connectivity index (χ0v) is 28.0. The molecule has 0 atom stereocenters. The van der Waals surface area contributed by atoms with E-state index in [1.807, 2.05) is 18.2 Å². The summed E-state index contributed by atoms with van der Waals surface area (Å²) in [5, 5.41) is 9.40. The monoisotopic (exact) mass is 663 g/mol. The predicted octanol–water partition coefficient (Wildman–Crippen LogP) is 11.7. The number of fused-ring (bicyclic) bond motifs is 8. The van der Waals surface area contributed by atoms with Crippen LogP contribution in [0, 0.1) is 0 Å². The summed E-state index contributed by atoms with van der Waals surface area (Å²) in [5.74, 6) is 1.84. The van der Waals surface area contributed by atoms with Gasteiger partial charge in [-0.2, -0.15) is 9.97 Å². The van der Waals surface area contributed by atoms with E-state index in [4.69, 9.17) is 15.0 Å². The van der Waals surface area contributed by atoms with Gasteiger partial charge in [0.25, 0.3) is 0 Å². The third kappa shape index (κ3) is 4.39. The van der Waals surface area contributed by atoms with Gasteiger partial charge in [-0.1, -0.05) is 115 Å². The van der Waals surface area contributed by atoms with Crippen molar-refractivity contribution >= 4 is 65.2 Å². The fraction of sp³-hybridized carbons (Fsp3) is 0. The number of rotatable bonds is 4. The van der Waals surface area contributed by atoms with Crippen LogP contribution >= 0.6 is 0 Å². The lowest BCUT2D eigenvalue weighted by Gasteiger charge is -2.12. The molecule has 0 unspecified atom stereocenters. The Hall–Kier alpha value is -7.11. The molecule has 3 heterocycles. The number of para-hydroxylation sites is 2. The van der Waals surface area contributed by atoms with Gasteiger partial charge in [-0.15, -0.1) is 0 Å². The Morgan fingerprint density at radius 2 is 0.808 bits per heavy atom. The van der Waals surface area contributed by atoms with E-state index in [0.29, 0.717) is 17.6 Å². The molecule has 3 aromatic heterocycles.